The summed E-state index contributed by atoms with van der Waals surface area (Å²) in [6, 6.07) is 4.38. The van der Waals surface area contributed by atoms with Crippen molar-refractivity contribution in [2.75, 3.05) is 5.73 Å². The van der Waals surface area contributed by atoms with E-state index >= 15 is 0 Å². The number of hydrogen-bond donors (Lipinski definition) is 3. The van der Waals surface area contributed by atoms with Crippen LogP contribution in [0.4, 0.5) is 5.82 Å². The van der Waals surface area contributed by atoms with Crippen LogP contribution in [0.5, 0.6) is 0 Å². The molecule has 0 aliphatic carbocycles. The highest BCUT2D eigenvalue weighted by Gasteiger charge is 2.11. The third kappa shape index (κ3) is 2.72. The summed E-state index contributed by atoms with van der Waals surface area (Å²) in [6.07, 6.45) is -0.142. The summed E-state index contributed by atoms with van der Waals surface area (Å²) in [7, 11) is 0. The number of nitrogens with zero attached hydrogens (tertiary/aromatic N) is 1. The number of rotatable bonds is 3. The van der Waals surface area contributed by atoms with Gasteiger partial charge >= 0.3 is 5.97 Å². The van der Waals surface area contributed by atoms with Gasteiger partial charge in [-0.15, -0.1) is 0 Å². The number of aromatic nitrogens is 1. The minimum atomic E-state index is -0.947. The number of carboxylic acid groups (broad SMARTS) is 1. The summed E-state index contributed by atoms with van der Waals surface area (Å²) in [6.45, 7) is 0. The Morgan fingerprint density at radius 2 is 2.31 bits per heavy atom. The second-order valence-corrected chi connectivity index (χ2v) is 2.69. The fourth-order valence-electron chi connectivity index (χ4n) is 0.968. The zero-order valence-electron chi connectivity index (χ0n) is 6.97. The predicted octanol–water partition coefficient (Wildman–Crippen LogP) is 0.138. The van der Waals surface area contributed by atoms with Crippen LogP contribution in [0.15, 0.2) is 18.2 Å². The Hall–Kier alpha value is -1.62. The third-order valence-corrected chi connectivity index (χ3v) is 1.57. The summed E-state index contributed by atoms with van der Waals surface area (Å²) in [5, 5.41) is 8.48. The first-order chi connectivity index (χ1) is 6.09. The van der Waals surface area contributed by atoms with E-state index in [9.17, 15) is 4.79 Å². The van der Waals surface area contributed by atoms with Gasteiger partial charge in [0.05, 0.1) is 18.2 Å². The van der Waals surface area contributed by atoms with Gasteiger partial charge in [-0.1, -0.05) is 6.07 Å². The normalized spacial score (nSPS) is 12.4. The van der Waals surface area contributed by atoms with Crippen molar-refractivity contribution >= 4 is 11.8 Å². The molecule has 0 aliphatic heterocycles. The van der Waals surface area contributed by atoms with Crippen molar-refractivity contribution < 1.29 is 9.90 Å². The Labute approximate surface area is 75.4 Å². The summed E-state index contributed by atoms with van der Waals surface area (Å²) < 4.78 is 0. The maximum atomic E-state index is 10.3. The Bertz CT molecular complexity index is 314. The van der Waals surface area contributed by atoms with Crippen molar-refractivity contribution in [3.05, 3.63) is 23.9 Å². The quantitative estimate of drug-likeness (QED) is 0.615. The monoisotopic (exact) mass is 181 g/mol. The van der Waals surface area contributed by atoms with E-state index in [4.69, 9.17) is 16.6 Å². The molecule has 1 atom stereocenters. The Kier molecular flexibility index (Phi) is 2.81. The van der Waals surface area contributed by atoms with Crippen molar-refractivity contribution in [1.29, 1.82) is 0 Å². The smallest absolute Gasteiger partial charge is 0.305 e. The molecule has 0 unspecified atom stereocenters. The van der Waals surface area contributed by atoms with Gasteiger partial charge < -0.3 is 16.6 Å². The lowest BCUT2D eigenvalue weighted by atomic mass is 10.1. The molecule has 70 valence electrons. The van der Waals surface area contributed by atoms with E-state index in [2.05, 4.69) is 4.98 Å². The minimum absolute atomic E-state index is 0.142. The molecule has 5 heteroatoms. The van der Waals surface area contributed by atoms with Crippen LogP contribution in [-0.2, 0) is 4.79 Å². The minimum Gasteiger partial charge on any atom is -0.481 e. The number of hydrogen-bond acceptors (Lipinski definition) is 4. The van der Waals surface area contributed by atoms with Crippen LogP contribution in [0.25, 0.3) is 0 Å². The molecule has 1 heterocycles. The molecule has 1 aromatic rings. The molecule has 0 saturated heterocycles. The highest BCUT2D eigenvalue weighted by Crippen LogP contribution is 2.12. The van der Waals surface area contributed by atoms with Crippen LogP contribution in [0.3, 0.4) is 0 Å². The Balaban J connectivity index is 2.76. The molecule has 1 rings (SSSR count). The fraction of sp³-hybridized carbons (Fsp3) is 0.250. The number of carbonyl (C=O) groups is 1. The van der Waals surface area contributed by atoms with E-state index in [1.165, 1.54) is 0 Å². The van der Waals surface area contributed by atoms with Crippen LogP contribution >= 0.6 is 0 Å². The fourth-order valence-corrected chi connectivity index (χ4v) is 0.968. The number of aliphatic carboxylic acids is 1. The standard InChI is InChI=1S/C8H11N3O2/c9-5(4-8(12)13)6-2-1-3-7(10)11-6/h1-3,5H,4,9H2,(H2,10,11)(H,12,13)/t5-/m1/s1. The highest BCUT2D eigenvalue weighted by atomic mass is 16.4. The molecule has 0 saturated carbocycles. The van der Waals surface area contributed by atoms with Gasteiger partial charge in [-0.05, 0) is 12.1 Å². The van der Waals surface area contributed by atoms with Gasteiger partial charge in [-0.25, -0.2) is 4.98 Å². The van der Waals surface area contributed by atoms with Crippen LogP contribution in [0.1, 0.15) is 18.2 Å². The topological polar surface area (TPSA) is 102 Å². The lowest BCUT2D eigenvalue weighted by Crippen LogP contribution is -2.16. The van der Waals surface area contributed by atoms with Gasteiger partial charge in [0.1, 0.15) is 5.82 Å². The summed E-state index contributed by atoms with van der Waals surface area (Å²) in [5.41, 5.74) is 11.5. The summed E-state index contributed by atoms with van der Waals surface area (Å²) in [4.78, 5) is 14.2. The molecule has 0 radical (unpaired) electrons. The average Bonchev–Trinajstić information content (AvgIpc) is 2.03. The second-order valence-electron chi connectivity index (χ2n) is 2.69. The molecular weight excluding hydrogens is 170 g/mol. The molecule has 5 nitrogen and oxygen atoms in total. The number of nitrogen functional groups attached to an aromatic ring is 1. The van der Waals surface area contributed by atoms with Crippen LogP contribution < -0.4 is 11.5 Å². The van der Waals surface area contributed by atoms with E-state index in [0.717, 1.165) is 0 Å². The predicted molar refractivity (Wildman–Crippen MR) is 47.8 cm³/mol. The van der Waals surface area contributed by atoms with E-state index in [1.807, 2.05) is 0 Å². The van der Waals surface area contributed by atoms with Crippen molar-refractivity contribution in [3.63, 3.8) is 0 Å². The molecule has 0 amide bonds. The lowest BCUT2D eigenvalue weighted by Gasteiger charge is -2.07. The van der Waals surface area contributed by atoms with Gasteiger partial charge in [0, 0.05) is 0 Å². The molecule has 0 fully saturated rings. The molecule has 0 spiro atoms. The van der Waals surface area contributed by atoms with Crippen molar-refractivity contribution in [3.8, 4) is 0 Å². The largest absolute Gasteiger partial charge is 0.481 e. The Morgan fingerprint density at radius 3 is 2.85 bits per heavy atom. The van der Waals surface area contributed by atoms with Crippen LogP contribution in [0, 0.1) is 0 Å². The van der Waals surface area contributed by atoms with Gasteiger partial charge in [-0.3, -0.25) is 4.79 Å². The second kappa shape index (κ2) is 3.86. The van der Waals surface area contributed by atoms with Gasteiger partial charge in [0.15, 0.2) is 0 Å². The SMILES string of the molecule is Nc1cccc([C@H](N)CC(=O)O)n1. The Morgan fingerprint density at radius 1 is 1.62 bits per heavy atom. The van der Waals surface area contributed by atoms with Crippen molar-refractivity contribution in [2.45, 2.75) is 12.5 Å². The molecule has 0 bridgehead atoms. The first kappa shape index (κ1) is 9.47. The molecule has 0 aromatic carbocycles. The number of pyridine rings is 1. The van der Waals surface area contributed by atoms with E-state index in [1.54, 1.807) is 18.2 Å². The first-order valence-corrected chi connectivity index (χ1v) is 3.79. The molecule has 1 aromatic heterocycles. The van der Waals surface area contributed by atoms with E-state index < -0.39 is 12.0 Å². The molecule has 13 heavy (non-hydrogen) atoms. The van der Waals surface area contributed by atoms with Crippen LogP contribution in [0.2, 0.25) is 0 Å². The average molecular weight is 181 g/mol. The first-order valence-electron chi connectivity index (χ1n) is 3.79. The number of anilines is 1. The number of carboxylic acids is 1. The maximum Gasteiger partial charge on any atom is 0.305 e. The zero-order valence-corrected chi connectivity index (χ0v) is 6.97. The van der Waals surface area contributed by atoms with Gasteiger partial charge in [-0.2, -0.15) is 0 Å². The molecular formula is C8H11N3O2. The molecule has 0 aliphatic rings. The van der Waals surface area contributed by atoms with Gasteiger partial charge in [0.25, 0.3) is 0 Å². The molecule has 5 N–H and O–H groups in total. The summed E-state index contributed by atoms with van der Waals surface area (Å²) >= 11 is 0. The van der Waals surface area contributed by atoms with Crippen LogP contribution in [-0.4, -0.2) is 16.1 Å². The highest BCUT2D eigenvalue weighted by molar-refractivity contribution is 5.67. The van der Waals surface area contributed by atoms with Crippen molar-refractivity contribution in [1.82, 2.24) is 4.98 Å². The number of nitrogens with two attached hydrogens (primary N) is 2. The van der Waals surface area contributed by atoms with Gasteiger partial charge in [0.2, 0.25) is 0 Å². The maximum absolute atomic E-state index is 10.3. The van der Waals surface area contributed by atoms with E-state index in [0.29, 0.717) is 11.5 Å². The zero-order chi connectivity index (χ0) is 9.84. The third-order valence-electron chi connectivity index (χ3n) is 1.57. The van der Waals surface area contributed by atoms with Crippen molar-refractivity contribution in [2.24, 2.45) is 5.73 Å². The van der Waals surface area contributed by atoms with E-state index in [-0.39, 0.29) is 6.42 Å². The summed E-state index contributed by atoms with van der Waals surface area (Å²) in [5.74, 6) is -0.602. The lowest BCUT2D eigenvalue weighted by molar-refractivity contribution is -0.137.